The summed E-state index contributed by atoms with van der Waals surface area (Å²) in [4.78, 5) is 67.0. The van der Waals surface area contributed by atoms with Gasteiger partial charge in [-0.05, 0) is 113 Å². The Kier molecular flexibility index (Phi) is 10.4. The van der Waals surface area contributed by atoms with E-state index >= 15 is 0 Å². The van der Waals surface area contributed by atoms with Crippen LogP contribution in [0.1, 0.15) is 99.6 Å². The lowest BCUT2D eigenvalue weighted by Crippen LogP contribution is -2.74. The fraction of sp³-hybridized carbons (Fsp3) is 0.658. The Labute approximate surface area is 309 Å². The van der Waals surface area contributed by atoms with Crippen molar-refractivity contribution in [1.29, 1.82) is 0 Å². The highest BCUT2D eigenvalue weighted by atomic mass is 16.7. The predicted octanol–water partition coefficient (Wildman–Crippen LogP) is 4.81. The molecule has 0 saturated carbocycles. The highest BCUT2D eigenvalue weighted by Crippen LogP contribution is 2.65. The van der Waals surface area contributed by atoms with Gasteiger partial charge in [0.25, 0.3) is 0 Å². The molecule has 1 aromatic rings. The Morgan fingerprint density at radius 2 is 1.51 bits per heavy atom. The summed E-state index contributed by atoms with van der Waals surface area (Å²) < 4.78 is 44.4. The van der Waals surface area contributed by atoms with Crippen molar-refractivity contribution in [2.24, 2.45) is 0 Å². The number of likely N-dealkylation sites (N-methyl/N-ethyl adjacent to an activating group) is 1. The van der Waals surface area contributed by atoms with Crippen molar-refractivity contribution >= 4 is 30.2 Å². The quantitative estimate of drug-likeness (QED) is 0.217. The van der Waals surface area contributed by atoms with Crippen LogP contribution in [-0.2, 0) is 54.6 Å². The molecule has 2 aliphatic carbocycles. The Balaban J connectivity index is 1.42. The molecule has 15 nitrogen and oxygen atoms in total. The number of ether oxygens (including phenoxy) is 8. The van der Waals surface area contributed by atoms with Gasteiger partial charge in [-0.15, -0.1) is 0 Å². The maximum Gasteiger partial charge on any atom is 0.514 e. The van der Waals surface area contributed by atoms with Crippen molar-refractivity contribution in [1.82, 2.24) is 4.90 Å². The van der Waals surface area contributed by atoms with Crippen molar-refractivity contribution in [3.8, 4) is 11.5 Å². The summed E-state index contributed by atoms with van der Waals surface area (Å²) in [7, 11) is 1.94. The van der Waals surface area contributed by atoms with Gasteiger partial charge in [-0.2, -0.15) is 0 Å². The van der Waals surface area contributed by atoms with E-state index in [0.717, 1.165) is 5.56 Å². The average molecular weight is 746 g/mol. The number of nitrogens with zero attached hydrogens (tertiary/aromatic N) is 1. The summed E-state index contributed by atoms with van der Waals surface area (Å²) in [6, 6.07) is 3.15. The number of rotatable bonds is 8. The number of benzene rings is 1. The molecule has 1 spiro atoms. The molecule has 2 aliphatic heterocycles. The molecule has 292 valence electrons. The van der Waals surface area contributed by atoms with E-state index in [2.05, 4.69) is 4.90 Å². The zero-order chi connectivity index (χ0) is 39.5. The summed E-state index contributed by atoms with van der Waals surface area (Å²) in [5.74, 6) is -2.69. The van der Waals surface area contributed by atoms with Gasteiger partial charge < -0.3 is 47.9 Å². The molecular weight excluding hydrogens is 694 g/mol. The van der Waals surface area contributed by atoms with E-state index in [9.17, 15) is 29.1 Å². The van der Waals surface area contributed by atoms with Crippen LogP contribution in [-0.4, -0.2) is 101 Å². The van der Waals surface area contributed by atoms with Crippen LogP contribution in [0.25, 0.3) is 0 Å². The average Bonchev–Trinajstić information content (AvgIpc) is 3.34. The summed E-state index contributed by atoms with van der Waals surface area (Å²) in [5.41, 5.74) is -3.58. The van der Waals surface area contributed by atoms with E-state index in [1.54, 1.807) is 74.5 Å². The molecule has 1 saturated heterocycles. The largest absolute Gasteiger partial charge is 0.514 e. The molecule has 0 aromatic heterocycles. The van der Waals surface area contributed by atoms with E-state index in [1.807, 2.05) is 13.1 Å². The molecule has 2 unspecified atom stereocenters. The highest BCUT2D eigenvalue weighted by Gasteiger charge is 2.72. The standard InChI is InChI=1S/C38H51NO14/c1-20(30(41)51-34(2,3)4)46-31(42)24(49-33(44)53-36(8,9)10)19-26(40)47-23-14-15-38(45)25-18-21-12-13-22(48-32(43)52-35(5,6)7)28-27(21)37(38,29(23)50-28)16-17-39(25)11/h12-14,20,24-25,29,45H,15-19H2,1-11H3/t20?,24?,25-,29+,37+,38-/m1/s1. The van der Waals surface area contributed by atoms with Crippen molar-refractivity contribution in [2.75, 3.05) is 13.6 Å². The second-order valence-electron chi connectivity index (χ2n) is 17.0. The third-order valence-electron chi connectivity index (χ3n) is 9.43. The van der Waals surface area contributed by atoms with Gasteiger partial charge in [-0.25, -0.2) is 19.2 Å². The van der Waals surface area contributed by atoms with Crippen LogP contribution in [0.5, 0.6) is 11.5 Å². The van der Waals surface area contributed by atoms with Crippen LogP contribution >= 0.6 is 0 Å². The number of carbonyl (C=O) groups excluding carboxylic acids is 5. The number of piperidine rings is 1. The summed E-state index contributed by atoms with van der Waals surface area (Å²) >= 11 is 0. The van der Waals surface area contributed by atoms with Gasteiger partial charge in [0.05, 0.1) is 17.4 Å². The Bertz CT molecular complexity index is 1700. The zero-order valence-electron chi connectivity index (χ0n) is 32.3. The maximum atomic E-state index is 13.7. The first-order valence-corrected chi connectivity index (χ1v) is 17.7. The first kappa shape index (κ1) is 39.8. The SMILES string of the molecule is CC(OC(=O)C(CC(=O)OC1=CC[C@@]2(O)[C@H]3Cc4ccc(OC(=O)OC(C)(C)C)c5c4[C@@]2(CCN3C)[C@H]1O5)OC(=O)OC(C)(C)C)C(=O)OC(C)(C)C. The van der Waals surface area contributed by atoms with Crippen LogP contribution < -0.4 is 9.47 Å². The minimum Gasteiger partial charge on any atom is -0.477 e. The number of hydrogen-bond donors (Lipinski definition) is 1. The van der Waals surface area contributed by atoms with Crippen molar-refractivity contribution in [2.45, 2.75) is 147 Å². The van der Waals surface area contributed by atoms with Gasteiger partial charge in [0.2, 0.25) is 6.10 Å². The highest BCUT2D eigenvalue weighted by molar-refractivity contribution is 5.86. The second kappa shape index (κ2) is 13.8. The van der Waals surface area contributed by atoms with Crippen LogP contribution in [0, 0.1) is 0 Å². The van der Waals surface area contributed by atoms with Crippen molar-refractivity contribution in [3.63, 3.8) is 0 Å². The molecular formula is C38H51NO14. The summed E-state index contributed by atoms with van der Waals surface area (Å²) in [5, 5.41) is 12.6. The van der Waals surface area contributed by atoms with Crippen molar-refractivity contribution in [3.05, 3.63) is 35.1 Å². The van der Waals surface area contributed by atoms with E-state index in [-0.39, 0.29) is 29.7 Å². The van der Waals surface area contributed by atoms with Crippen LogP contribution in [0.4, 0.5) is 9.59 Å². The molecule has 1 N–H and O–H groups in total. The van der Waals surface area contributed by atoms with E-state index in [1.165, 1.54) is 6.92 Å². The van der Waals surface area contributed by atoms with E-state index in [4.69, 9.17) is 37.9 Å². The molecule has 4 aliphatic rings. The maximum absolute atomic E-state index is 13.7. The first-order valence-electron chi connectivity index (χ1n) is 17.7. The molecule has 1 fully saturated rings. The van der Waals surface area contributed by atoms with Crippen LogP contribution in [0.2, 0.25) is 0 Å². The molecule has 2 bridgehead atoms. The third kappa shape index (κ3) is 8.10. The van der Waals surface area contributed by atoms with Gasteiger partial charge in [-0.1, -0.05) is 6.07 Å². The van der Waals surface area contributed by atoms with Gasteiger partial charge in [0.15, 0.2) is 23.7 Å². The third-order valence-corrected chi connectivity index (χ3v) is 9.43. The molecule has 1 aromatic carbocycles. The Morgan fingerprint density at radius 3 is 2.13 bits per heavy atom. The molecule has 2 heterocycles. The fourth-order valence-electron chi connectivity index (χ4n) is 7.44. The normalized spacial score (nSPS) is 25.7. The molecule has 15 heteroatoms. The number of hydrogen-bond acceptors (Lipinski definition) is 15. The Morgan fingerprint density at radius 1 is 0.887 bits per heavy atom. The monoisotopic (exact) mass is 745 g/mol. The number of esters is 3. The summed E-state index contributed by atoms with van der Waals surface area (Å²) in [6.45, 7) is 16.7. The minimum absolute atomic E-state index is 0.0572. The van der Waals surface area contributed by atoms with Gasteiger partial charge in [0.1, 0.15) is 22.6 Å². The van der Waals surface area contributed by atoms with Crippen LogP contribution in [0.3, 0.4) is 0 Å². The lowest BCUT2D eigenvalue weighted by Gasteiger charge is -2.61. The van der Waals surface area contributed by atoms with E-state index < -0.39 is 82.8 Å². The molecule has 53 heavy (non-hydrogen) atoms. The smallest absolute Gasteiger partial charge is 0.477 e. The number of carbonyl (C=O) groups is 5. The molecule has 0 radical (unpaired) electrons. The topological polar surface area (TPSA) is 183 Å². The van der Waals surface area contributed by atoms with Gasteiger partial charge >= 0.3 is 30.2 Å². The lowest BCUT2D eigenvalue weighted by atomic mass is 9.50. The Hall–Kier alpha value is -4.37. The van der Waals surface area contributed by atoms with Crippen molar-refractivity contribution < 1.29 is 67.0 Å². The van der Waals surface area contributed by atoms with E-state index in [0.29, 0.717) is 24.9 Å². The van der Waals surface area contributed by atoms with Gasteiger partial charge in [0, 0.05) is 18.0 Å². The predicted molar refractivity (Wildman–Crippen MR) is 185 cm³/mol. The van der Waals surface area contributed by atoms with Gasteiger partial charge in [-0.3, -0.25) is 4.79 Å². The molecule has 5 rings (SSSR count). The second-order valence-corrected chi connectivity index (χ2v) is 17.0. The lowest BCUT2D eigenvalue weighted by molar-refractivity contribution is -0.180. The molecule has 0 amide bonds. The first-order chi connectivity index (χ1) is 24.3. The summed E-state index contributed by atoms with van der Waals surface area (Å²) in [6.07, 6.45) is -4.76. The number of likely N-dealkylation sites (tertiary alicyclic amines) is 1. The number of aliphatic hydroxyl groups is 1. The van der Waals surface area contributed by atoms with Crippen LogP contribution in [0.15, 0.2) is 24.0 Å². The molecule has 6 atom stereocenters. The fourth-order valence-corrected chi connectivity index (χ4v) is 7.44. The zero-order valence-corrected chi connectivity index (χ0v) is 32.3. The minimum atomic E-state index is -1.87.